The maximum absolute atomic E-state index is 13.5. The van der Waals surface area contributed by atoms with Gasteiger partial charge in [-0.1, -0.05) is 17.7 Å². The standard InChI is InChI=1S/C27H30F6N2O4/c1-6-38-24(36)34(14-18-11-19(26(28,29)30)13-20(12-18)27(31,32)33)22-10-17(5)35(25(37)39-7-2)23-16(4)8-15(3)9-21(22)23/h8-9,11-13,17,22H,6-7,10,14H2,1-5H3/t17-,22+/m0/s1. The van der Waals surface area contributed by atoms with E-state index < -0.39 is 54.3 Å². The van der Waals surface area contributed by atoms with E-state index in [1.807, 2.05) is 6.07 Å². The fraction of sp³-hybridized carbons (Fsp3) is 0.481. The molecule has 12 heteroatoms. The first kappa shape index (κ1) is 30.1. The second-order valence-electron chi connectivity index (χ2n) is 9.43. The number of nitrogens with zero attached hydrogens (tertiary/aromatic N) is 2. The van der Waals surface area contributed by atoms with Crippen molar-refractivity contribution >= 4 is 17.9 Å². The molecule has 0 saturated heterocycles. The summed E-state index contributed by atoms with van der Waals surface area (Å²) in [6.45, 7) is 7.96. The Bertz CT molecular complexity index is 1200. The highest BCUT2D eigenvalue weighted by atomic mass is 19.4. The number of hydrogen-bond donors (Lipinski definition) is 0. The Morgan fingerprint density at radius 2 is 1.49 bits per heavy atom. The molecule has 214 valence electrons. The second-order valence-corrected chi connectivity index (χ2v) is 9.43. The van der Waals surface area contributed by atoms with E-state index in [0.717, 1.165) is 10.5 Å². The van der Waals surface area contributed by atoms with Crippen LogP contribution in [0.5, 0.6) is 0 Å². The summed E-state index contributed by atoms with van der Waals surface area (Å²) in [5, 5.41) is 0. The van der Waals surface area contributed by atoms with Crippen molar-refractivity contribution in [2.45, 2.75) is 72.0 Å². The lowest BCUT2D eigenvalue weighted by atomic mass is 9.87. The largest absolute Gasteiger partial charge is 0.450 e. The third kappa shape index (κ3) is 6.59. The molecular weight excluding hydrogens is 530 g/mol. The number of halogens is 6. The van der Waals surface area contributed by atoms with Gasteiger partial charge < -0.3 is 9.47 Å². The zero-order chi connectivity index (χ0) is 29.3. The highest BCUT2D eigenvalue weighted by Gasteiger charge is 2.41. The lowest BCUT2D eigenvalue weighted by Gasteiger charge is -2.43. The topological polar surface area (TPSA) is 59.1 Å². The van der Waals surface area contributed by atoms with Crippen LogP contribution in [-0.4, -0.2) is 36.3 Å². The van der Waals surface area contributed by atoms with Gasteiger partial charge in [-0.3, -0.25) is 9.80 Å². The molecule has 1 aliphatic heterocycles. The van der Waals surface area contributed by atoms with Crippen molar-refractivity contribution in [3.63, 3.8) is 0 Å². The number of anilines is 1. The number of alkyl halides is 6. The molecule has 0 unspecified atom stereocenters. The van der Waals surface area contributed by atoms with Crippen molar-refractivity contribution in [2.24, 2.45) is 0 Å². The molecule has 1 heterocycles. The smallest absolute Gasteiger partial charge is 0.416 e. The normalized spacial score (nSPS) is 17.5. The lowest BCUT2D eigenvalue weighted by molar-refractivity contribution is -0.143. The number of ether oxygens (including phenoxy) is 2. The quantitative estimate of drug-likeness (QED) is 0.350. The Morgan fingerprint density at radius 3 is 2.00 bits per heavy atom. The van der Waals surface area contributed by atoms with Crippen LogP contribution in [0.25, 0.3) is 0 Å². The molecule has 0 aliphatic carbocycles. The molecule has 39 heavy (non-hydrogen) atoms. The molecule has 6 nitrogen and oxygen atoms in total. The van der Waals surface area contributed by atoms with Crippen LogP contribution in [0.4, 0.5) is 41.6 Å². The highest BCUT2D eigenvalue weighted by molar-refractivity contribution is 5.91. The molecule has 2 aromatic rings. The van der Waals surface area contributed by atoms with Crippen molar-refractivity contribution in [1.82, 2.24) is 4.90 Å². The number of rotatable bonds is 5. The Hall–Kier alpha value is -3.44. The van der Waals surface area contributed by atoms with Gasteiger partial charge in [-0.25, -0.2) is 9.59 Å². The van der Waals surface area contributed by atoms with E-state index in [9.17, 15) is 35.9 Å². The number of fused-ring (bicyclic) bond motifs is 1. The maximum Gasteiger partial charge on any atom is 0.416 e. The van der Waals surface area contributed by atoms with E-state index in [4.69, 9.17) is 9.47 Å². The number of benzene rings is 2. The Kier molecular flexibility index (Phi) is 8.76. The monoisotopic (exact) mass is 560 g/mol. The summed E-state index contributed by atoms with van der Waals surface area (Å²) in [4.78, 5) is 28.6. The molecule has 0 bridgehead atoms. The molecule has 0 fully saturated rings. The van der Waals surface area contributed by atoms with Crippen molar-refractivity contribution in [1.29, 1.82) is 0 Å². The van der Waals surface area contributed by atoms with E-state index >= 15 is 0 Å². The van der Waals surface area contributed by atoms with Crippen LogP contribution >= 0.6 is 0 Å². The minimum absolute atomic E-state index is 0.0418. The van der Waals surface area contributed by atoms with Gasteiger partial charge in [0.1, 0.15) is 0 Å². The summed E-state index contributed by atoms with van der Waals surface area (Å²) in [5.41, 5.74) is -0.862. The third-order valence-electron chi connectivity index (χ3n) is 6.42. The molecule has 0 aromatic heterocycles. The van der Waals surface area contributed by atoms with E-state index in [0.29, 0.717) is 28.9 Å². The summed E-state index contributed by atoms with van der Waals surface area (Å²) < 4.78 is 91.4. The minimum atomic E-state index is -5.04. The number of carbonyl (C=O) groups is 2. The van der Waals surface area contributed by atoms with E-state index in [1.165, 1.54) is 11.8 Å². The van der Waals surface area contributed by atoms with Gasteiger partial charge in [0.2, 0.25) is 0 Å². The van der Waals surface area contributed by atoms with Crippen molar-refractivity contribution in [2.75, 3.05) is 18.1 Å². The van der Waals surface area contributed by atoms with Crippen LogP contribution in [0.2, 0.25) is 0 Å². The van der Waals surface area contributed by atoms with Crippen LogP contribution in [0.15, 0.2) is 30.3 Å². The summed E-state index contributed by atoms with van der Waals surface area (Å²) in [5.74, 6) is 0. The average Bonchev–Trinajstić information content (AvgIpc) is 2.81. The number of hydrogen-bond acceptors (Lipinski definition) is 4. The molecule has 0 saturated carbocycles. The first-order chi connectivity index (χ1) is 18.1. The maximum atomic E-state index is 13.5. The van der Waals surface area contributed by atoms with Crippen molar-refractivity contribution < 1.29 is 45.4 Å². The number of aryl methyl sites for hydroxylation is 2. The van der Waals surface area contributed by atoms with Crippen LogP contribution in [0.1, 0.15) is 66.6 Å². The van der Waals surface area contributed by atoms with Gasteiger partial charge in [-0.2, -0.15) is 26.3 Å². The predicted molar refractivity (Wildman–Crippen MR) is 131 cm³/mol. The summed E-state index contributed by atoms with van der Waals surface area (Å²) in [6.07, 6.45) is -11.4. The van der Waals surface area contributed by atoms with E-state index in [-0.39, 0.29) is 31.3 Å². The first-order valence-electron chi connectivity index (χ1n) is 12.4. The molecule has 2 atom stereocenters. The molecule has 2 amide bonds. The fourth-order valence-corrected chi connectivity index (χ4v) is 4.93. The van der Waals surface area contributed by atoms with Gasteiger partial charge in [-0.15, -0.1) is 0 Å². The molecule has 3 rings (SSSR count). The van der Waals surface area contributed by atoms with Crippen molar-refractivity contribution in [3.8, 4) is 0 Å². The Balaban J connectivity index is 2.18. The van der Waals surface area contributed by atoms with Gasteiger partial charge in [-0.05, 0) is 75.9 Å². The van der Waals surface area contributed by atoms with Crippen LogP contribution in [0.3, 0.4) is 0 Å². The summed E-state index contributed by atoms with van der Waals surface area (Å²) in [7, 11) is 0. The van der Waals surface area contributed by atoms with Gasteiger partial charge >= 0.3 is 24.5 Å². The van der Waals surface area contributed by atoms with E-state index in [1.54, 1.807) is 33.8 Å². The highest BCUT2D eigenvalue weighted by Crippen LogP contribution is 2.44. The predicted octanol–water partition coefficient (Wildman–Crippen LogP) is 7.80. The van der Waals surface area contributed by atoms with Gasteiger partial charge in [0.15, 0.2) is 0 Å². The molecule has 2 aromatic carbocycles. The van der Waals surface area contributed by atoms with Gasteiger partial charge in [0.05, 0.1) is 36.1 Å². The van der Waals surface area contributed by atoms with Crippen molar-refractivity contribution in [3.05, 3.63) is 63.7 Å². The molecule has 0 radical (unpaired) electrons. The first-order valence-corrected chi connectivity index (χ1v) is 12.4. The van der Waals surface area contributed by atoms with Crippen LogP contribution in [-0.2, 0) is 28.4 Å². The van der Waals surface area contributed by atoms with Crippen LogP contribution < -0.4 is 4.90 Å². The molecule has 0 N–H and O–H groups in total. The second kappa shape index (κ2) is 11.4. The molecule has 1 aliphatic rings. The number of carbonyl (C=O) groups excluding carboxylic acids is 2. The zero-order valence-electron chi connectivity index (χ0n) is 22.2. The summed E-state index contributed by atoms with van der Waals surface area (Å²) in [6, 6.07) is 3.47. The van der Waals surface area contributed by atoms with Gasteiger partial charge in [0, 0.05) is 12.6 Å². The Labute approximate surface area is 222 Å². The van der Waals surface area contributed by atoms with Gasteiger partial charge in [0.25, 0.3) is 0 Å². The third-order valence-corrected chi connectivity index (χ3v) is 6.42. The molecular formula is C27H30F6N2O4. The Morgan fingerprint density at radius 1 is 0.923 bits per heavy atom. The van der Waals surface area contributed by atoms with Crippen LogP contribution in [0, 0.1) is 13.8 Å². The average molecular weight is 561 g/mol. The zero-order valence-corrected chi connectivity index (χ0v) is 22.2. The SMILES string of the molecule is CCOC(=O)N(Cc1cc(C(F)(F)F)cc(C(F)(F)F)c1)[C@@H]1C[C@H](C)N(C(=O)OCC)c2c(C)cc(C)cc21. The lowest BCUT2D eigenvalue weighted by Crippen LogP contribution is -2.48. The fourth-order valence-electron chi connectivity index (χ4n) is 4.93. The van der Waals surface area contributed by atoms with E-state index in [2.05, 4.69) is 0 Å². The molecule has 0 spiro atoms. The minimum Gasteiger partial charge on any atom is -0.450 e. The number of amides is 2. The summed E-state index contributed by atoms with van der Waals surface area (Å²) >= 11 is 0.